The molecule has 0 saturated carbocycles. The molecular weight excluding hydrogens is 1050 g/mol. The lowest BCUT2D eigenvalue weighted by atomic mass is 10.1. The Bertz CT molecular complexity index is 2440. The van der Waals surface area contributed by atoms with Gasteiger partial charge in [-0.2, -0.15) is 0 Å². The fourth-order valence-corrected chi connectivity index (χ4v) is 6.76. The Morgan fingerprint density at radius 1 is 0.655 bits per heavy atom. The third kappa shape index (κ3) is 15.9. The van der Waals surface area contributed by atoms with Crippen molar-refractivity contribution in [2.45, 2.75) is 41.2 Å². The maximum atomic E-state index is 11.2. The van der Waals surface area contributed by atoms with Crippen molar-refractivity contribution in [3.8, 4) is 0 Å². The van der Waals surface area contributed by atoms with E-state index in [1.54, 1.807) is 20.0 Å². The van der Waals surface area contributed by atoms with Gasteiger partial charge < -0.3 is 41.8 Å². The van der Waals surface area contributed by atoms with Gasteiger partial charge in [-0.1, -0.05) is 71.1 Å². The largest absolute Gasteiger partial charge is 0.412 e. The maximum Gasteiger partial charge on any atom is 0.218 e. The molecular formula is C41H47Br4Cl2N7O4. The summed E-state index contributed by atoms with van der Waals surface area (Å²) in [7, 11) is 0. The van der Waals surface area contributed by atoms with Crippen LogP contribution in [-0.2, 0) is 4.79 Å². The van der Waals surface area contributed by atoms with Gasteiger partial charge in [-0.3, -0.25) is 9.59 Å². The van der Waals surface area contributed by atoms with Crippen molar-refractivity contribution < 1.29 is 20.3 Å². The number of carbonyl (C=O) groups excluding carboxylic acids is 2. The van der Waals surface area contributed by atoms with Crippen LogP contribution in [0.1, 0.15) is 62.6 Å². The smallest absolute Gasteiger partial charge is 0.218 e. The average molecular weight is 1090 g/mol. The fraction of sp³-hybridized carbons (Fsp3) is 0.146. The van der Waals surface area contributed by atoms with Crippen LogP contribution in [-0.4, -0.2) is 47.4 Å². The van der Waals surface area contributed by atoms with Gasteiger partial charge >= 0.3 is 0 Å². The second kappa shape index (κ2) is 26.5. The van der Waals surface area contributed by atoms with Crippen molar-refractivity contribution in [1.82, 2.24) is 19.9 Å². The molecule has 0 aliphatic carbocycles. The predicted octanol–water partition coefficient (Wildman–Crippen LogP) is 12.7. The number of aromatic amines is 4. The van der Waals surface area contributed by atoms with Crippen molar-refractivity contribution >= 4 is 148 Å². The molecule has 1 unspecified atom stereocenters. The summed E-state index contributed by atoms with van der Waals surface area (Å²) in [5.74, 6) is 3.59. The number of benzene rings is 4. The van der Waals surface area contributed by atoms with Crippen LogP contribution >= 0.6 is 87.7 Å². The Morgan fingerprint density at radius 2 is 1.03 bits per heavy atom. The number of halogens is 6. The summed E-state index contributed by atoms with van der Waals surface area (Å²) in [5, 5.41) is 18.2. The minimum Gasteiger partial charge on any atom is -0.412 e. The Balaban J connectivity index is 0.000000704. The van der Waals surface area contributed by atoms with Crippen LogP contribution in [0, 0.1) is 5.41 Å². The van der Waals surface area contributed by atoms with E-state index in [0.29, 0.717) is 5.71 Å². The van der Waals surface area contributed by atoms with E-state index in [-0.39, 0.29) is 42.4 Å². The van der Waals surface area contributed by atoms with Crippen molar-refractivity contribution in [3.63, 3.8) is 0 Å². The van der Waals surface area contributed by atoms with E-state index in [1.807, 2.05) is 80.1 Å². The van der Waals surface area contributed by atoms with Gasteiger partial charge in [0.15, 0.2) is 5.78 Å². The quantitative estimate of drug-likeness (QED) is 0.0373. The molecule has 312 valence electrons. The number of nitrogens with one attached hydrogen (secondary N) is 5. The lowest BCUT2D eigenvalue weighted by molar-refractivity contribution is -0.109. The van der Waals surface area contributed by atoms with Crippen molar-refractivity contribution in [2.75, 3.05) is 0 Å². The van der Waals surface area contributed by atoms with E-state index < -0.39 is 0 Å². The fourth-order valence-electron chi connectivity index (χ4n) is 5.30. The molecule has 4 aromatic heterocycles. The molecule has 0 aliphatic heterocycles. The van der Waals surface area contributed by atoms with Gasteiger partial charge in [-0.25, -0.2) is 5.90 Å². The maximum absolute atomic E-state index is 11.2. The normalized spacial score (nSPS) is 10.1. The Labute approximate surface area is 381 Å². The monoisotopic (exact) mass is 1090 g/mol. The number of hydrogen-bond acceptors (Lipinski definition) is 6. The zero-order valence-corrected chi connectivity index (χ0v) is 39.0. The molecule has 0 fully saturated rings. The zero-order valence-electron chi connectivity index (χ0n) is 31.1. The number of ketones is 1. The van der Waals surface area contributed by atoms with Crippen LogP contribution in [0.4, 0.5) is 0 Å². The number of aromatic nitrogens is 4. The lowest BCUT2D eigenvalue weighted by Crippen LogP contribution is -2.03. The molecule has 4 heterocycles. The SMILES string of the molecule is Brc1ccc2[nH]ccc2c1.C.CC(=N)c1c[nH]c2ccc(Br)cc12.CC(=O)Cl.CC(=O)c1c[nH]c2ccc(Br)cc12.CC(N)c1c[nH]c2ccc(Br)cc12.Cl.NO.O. The molecule has 17 heteroatoms. The number of Topliss-reactive ketones (excluding diaryl/α,β-unsaturated/α-hetero) is 1. The van der Waals surface area contributed by atoms with Gasteiger partial charge in [-0.15, -0.1) is 12.4 Å². The van der Waals surface area contributed by atoms with Gasteiger partial charge in [0.25, 0.3) is 0 Å². The highest BCUT2D eigenvalue weighted by molar-refractivity contribution is 9.11. The topological polar surface area (TPSA) is 225 Å². The first-order chi connectivity index (χ1) is 26.1. The molecule has 0 bridgehead atoms. The first kappa shape index (κ1) is 54.4. The van der Waals surface area contributed by atoms with Crippen molar-refractivity contribution in [2.24, 2.45) is 11.6 Å². The highest BCUT2D eigenvalue weighted by Gasteiger charge is 2.08. The summed E-state index contributed by atoms with van der Waals surface area (Å²) in [6.07, 6.45) is 7.54. The lowest BCUT2D eigenvalue weighted by Gasteiger charge is -2.02. The standard InChI is InChI=1S/C10H11BrN2.C10H9BrN2.C10H8BrNO.C8H6BrN.C2H3ClO.CH4.ClH.H3NO.H2O/c2*1-6(12)9-5-13-10-3-2-7(11)4-8(9)10;1-6(13)9-5-12-10-3-2-7(11)4-8(9)10;9-7-1-2-8-6(5-7)3-4-10-8;1-2(3)4;;;1-2;/h2-6,13H,12H2,1H3;2-5,12-13H,1H3;2-5,12H,1H3;1-5,10H;1H3;1H4;1H;2H,1H2;1H2. The summed E-state index contributed by atoms with van der Waals surface area (Å²) >= 11 is 18.3. The second-order valence-electron chi connectivity index (χ2n) is 11.9. The summed E-state index contributed by atoms with van der Waals surface area (Å²) in [6.45, 7) is 6.65. The predicted molar refractivity (Wildman–Crippen MR) is 259 cm³/mol. The zero-order chi connectivity index (χ0) is 40.8. The number of nitrogens with two attached hydrogens (primary N) is 2. The van der Waals surface area contributed by atoms with Crippen molar-refractivity contribution in [1.29, 1.82) is 5.41 Å². The highest BCUT2D eigenvalue weighted by Crippen LogP contribution is 2.26. The van der Waals surface area contributed by atoms with E-state index in [9.17, 15) is 9.59 Å². The third-order valence-corrected chi connectivity index (χ3v) is 9.73. The number of hydrogen-bond donors (Lipinski definition) is 8. The minimum atomic E-state index is -0.361. The van der Waals surface area contributed by atoms with Crippen LogP contribution in [0.5, 0.6) is 0 Å². The van der Waals surface area contributed by atoms with Crippen molar-refractivity contribution in [3.05, 3.63) is 138 Å². The summed E-state index contributed by atoms with van der Waals surface area (Å²) in [4.78, 5) is 32.9. The Morgan fingerprint density at radius 3 is 1.48 bits per heavy atom. The summed E-state index contributed by atoms with van der Waals surface area (Å²) in [5.41, 5.74) is 13.7. The first-order valence-corrected chi connectivity index (χ1v) is 20.0. The van der Waals surface area contributed by atoms with E-state index in [2.05, 4.69) is 125 Å². The van der Waals surface area contributed by atoms with Gasteiger partial charge in [0.2, 0.25) is 5.24 Å². The Kier molecular flexibility index (Phi) is 24.8. The molecule has 12 N–H and O–H groups in total. The van der Waals surface area contributed by atoms with Crippen LogP contribution in [0.2, 0.25) is 0 Å². The molecule has 0 aliphatic rings. The molecule has 0 radical (unpaired) electrons. The van der Waals surface area contributed by atoms with Gasteiger partial charge in [-0.05, 0) is 117 Å². The van der Waals surface area contributed by atoms with E-state index in [0.717, 1.165) is 61.9 Å². The van der Waals surface area contributed by atoms with E-state index in [1.165, 1.54) is 23.2 Å². The number of fused-ring (bicyclic) bond motifs is 4. The minimum absolute atomic E-state index is 0. The Hall–Kier alpha value is -3.61. The molecule has 8 rings (SSSR count). The number of carbonyl (C=O) groups is 2. The van der Waals surface area contributed by atoms with Crippen LogP contribution in [0.3, 0.4) is 0 Å². The van der Waals surface area contributed by atoms with Crippen LogP contribution < -0.4 is 11.6 Å². The molecule has 58 heavy (non-hydrogen) atoms. The number of rotatable bonds is 3. The van der Waals surface area contributed by atoms with Gasteiger partial charge in [0.05, 0.1) is 0 Å². The summed E-state index contributed by atoms with van der Waals surface area (Å²) < 4.78 is 4.24. The second-order valence-corrected chi connectivity index (χ2v) is 16.1. The molecule has 0 saturated heterocycles. The highest BCUT2D eigenvalue weighted by atomic mass is 79.9. The number of H-pyrrole nitrogens is 4. The third-order valence-electron chi connectivity index (χ3n) is 7.75. The molecule has 0 spiro atoms. The summed E-state index contributed by atoms with van der Waals surface area (Å²) in [6, 6.07) is 26.3. The van der Waals surface area contributed by atoms with E-state index >= 15 is 0 Å². The van der Waals surface area contributed by atoms with Crippen LogP contribution in [0.25, 0.3) is 43.6 Å². The van der Waals surface area contributed by atoms with E-state index in [4.69, 9.17) is 16.4 Å². The van der Waals surface area contributed by atoms with Gasteiger partial charge in [0, 0.05) is 116 Å². The molecule has 1 atom stereocenters. The first-order valence-electron chi connectivity index (χ1n) is 16.4. The average Bonchev–Trinajstić information content (AvgIpc) is 3.94. The molecule has 8 aromatic rings. The van der Waals surface area contributed by atoms with Gasteiger partial charge in [0.1, 0.15) is 0 Å². The molecule has 0 amide bonds. The molecule has 4 aromatic carbocycles. The van der Waals surface area contributed by atoms with Crippen LogP contribution in [0.15, 0.2) is 122 Å². The molecule has 11 nitrogen and oxygen atoms in total.